The number of rotatable bonds is 0. The Labute approximate surface area is 70.7 Å². The summed E-state index contributed by atoms with van der Waals surface area (Å²) in [5, 5.41) is 0.388. The number of amidine groups is 1. The summed E-state index contributed by atoms with van der Waals surface area (Å²) in [6.45, 7) is 2.12. The van der Waals surface area contributed by atoms with Gasteiger partial charge in [-0.15, -0.1) is 0 Å². The van der Waals surface area contributed by atoms with Crippen LogP contribution in [0.1, 0.15) is 6.92 Å². The van der Waals surface area contributed by atoms with Gasteiger partial charge in [0.05, 0.1) is 10.3 Å². The molecule has 0 fully saturated rings. The summed E-state index contributed by atoms with van der Waals surface area (Å²) in [4.78, 5) is 7.83. The van der Waals surface area contributed by atoms with E-state index in [1.807, 2.05) is 25.0 Å². The minimum atomic E-state index is 0.388. The van der Waals surface area contributed by atoms with Crippen LogP contribution in [0.5, 0.6) is 0 Å². The molecule has 0 spiro atoms. The monoisotopic (exact) mass is 166 g/mol. The number of nitrogens with zero attached hydrogens (tertiary/aromatic N) is 2. The molecule has 0 N–H and O–H groups in total. The highest BCUT2D eigenvalue weighted by Crippen LogP contribution is 2.33. The molecule has 2 aliphatic heterocycles. The number of hydrogen-bond acceptors (Lipinski definition) is 3. The second kappa shape index (κ2) is 2.41. The summed E-state index contributed by atoms with van der Waals surface area (Å²) in [6.07, 6.45) is 6.20. The summed E-state index contributed by atoms with van der Waals surface area (Å²) >= 11 is 1.82. The molecule has 0 radical (unpaired) electrons. The molecule has 0 saturated carbocycles. The predicted octanol–water partition coefficient (Wildman–Crippen LogP) is 1.82. The summed E-state index contributed by atoms with van der Waals surface area (Å²) < 4.78 is 0. The summed E-state index contributed by atoms with van der Waals surface area (Å²) in [5.41, 5.74) is 0. The van der Waals surface area contributed by atoms with E-state index in [2.05, 4.69) is 29.0 Å². The summed E-state index contributed by atoms with van der Waals surface area (Å²) in [6, 6.07) is 0. The molecule has 2 rings (SSSR count). The minimum Gasteiger partial charge on any atom is -0.335 e. The minimum absolute atomic E-state index is 0.388. The number of fused-ring (bicyclic) bond motifs is 1. The van der Waals surface area contributed by atoms with E-state index in [9.17, 15) is 0 Å². The number of thioether (sulfide) groups is 1. The van der Waals surface area contributed by atoms with Gasteiger partial charge >= 0.3 is 0 Å². The number of aliphatic imine (C=N–C) groups is 1. The van der Waals surface area contributed by atoms with Crippen molar-refractivity contribution in [3.63, 3.8) is 0 Å². The average Bonchev–Trinajstić information content (AvgIpc) is 2.31. The van der Waals surface area contributed by atoms with Crippen LogP contribution in [0.15, 0.2) is 28.2 Å². The molecule has 2 heterocycles. The van der Waals surface area contributed by atoms with Gasteiger partial charge < -0.3 is 4.90 Å². The van der Waals surface area contributed by atoms with Crippen molar-refractivity contribution < 1.29 is 0 Å². The van der Waals surface area contributed by atoms with Crippen LogP contribution >= 0.6 is 11.8 Å². The maximum absolute atomic E-state index is 4.48. The molecule has 2 nitrogen and oxygen atoms in total. The van der Waals surface area contributed by atoms with E-state index in [4.69, 9.17) is 0 Å². The zero-order valence-corrected chi connectivity index (χ0v) is 7.43. The lowest BCUT2D eigenvalue weighted by molar-refractivity contribution is 0.683. The molecule has 0 saturated heterocycles. The van der Waals surface area contributed by atoms with Crippen LogP contribution in [0.2, 0.25) is 0 Å². The average molecular weight is 166 g/mol. The fourth-order valence-corrected chi connectivity index (χ4v) is 2.19. The van der Waals surface area contributed by atoms with Crippen molar-refractivity contribution in [1.82, 2.24) is 4.90 Å². The zero-order chi connectivity index (χ0) is 7.84. The molecular formula is C8H10N2S. The first-order valence-corrected chi connectivity index (χ1v) is 4.51. The van der Waals surface area contributed by atoms with Crippen LogP contribution in [0.25, 0.3) is 0 Å². The van der Waals surface area contributed by atoms with E-state index >= 15 is 0 Å². The highest BCUT2D eigenvalue weighted by atomic mass is 32.2. The Hall–Kier alpha value is -0.700. The lowest BCUT2D eigenvalue weighted by Gasteiger charge is -2.16. The van der Waals surface area contributed by atoms with Crippen LogP contribution in [0, 0.1) is 0 Å². The largest absolute Gasteiger partial charge is 0.335 e. The van der Waals surface area contributed by atoms with Gasteiger partial charge in [-0.1, -0.05) is 11.8 Å². The third-order valence-corrected chi connectivity index (χ3v) is 2.73. The molecule has 0 amide bonds. The first kappa shape index (κ1) is 6.98. The van der Waals surface area contributed by atoms with Crippen LogP contribution in [0.4, 0.5) is 0 Å². The standard InChI is InChI=1S/C8H10N2S/c1-6-9-8-7(11-6)4-3-5-10(8)2/h3-6H,1-2H3. The Balaban J connectivity index is 2.36. The van der Waals surface area contributed by atoms with Gasteiger partial charge in [0.1, 0.15) is 5.84 Å². The van der Waals surface area contributed by atoms with Crippen LogP contribution in [-0.4, -0.2) is 23.2 Å². The first-order valence-electron chi connectivity index (χ1n) is 3.63. The van der Waals surface area contributed by atoms with E-state index in [1.165, 1.54) is 4.91 Å². The third-order valence-electron chi connectivity index (χ3n) is 1.71. The molecule has 58 valence electrons. The topological polar surface area (TPSA) is 15.6 Å². The van der Waals surface area contributed by atoms with Gasteiger partial charge in [-0.3, -0.25) is 4.99 Å². The highest BCUT2D eigenvalue weighted by Gasteiger charge is 2.23. The fraction of sp³-hybridized carbons (Fsp3) is 0.375. The maximum Gasteiger partial charge on any atom is 0.142 e. The van der Waals surface area contributed by atoms with Crippen LogP contribution in [0.3, 0.4) is 0 Å². The Kier molecular flexibility index (Phi) is 1.53. The van der Waals surface area contributed by atoms with E-state index in [1.54, 1.807) is 0 Å². The van der Waals surface area contributed by atoms with Crippen molar-refractivity contribution in [3.8, 4) is 0 Å². The predicted molar refractivity (Wildman–Crippen MR) is 49.5 cm³/mol. The van der Waals surface area contributed by atoms with Gasteiger partial charge in [-0.2, -0.15) is 0 Å². The molecule has 0 aromatic rings. The van der Waals surface area contributed by atoms with E-state index in [0.29, 0.717) is 5.37 Å². The van der Waals surface area contributed by atoms with Crippen LogP contribution in [-0.2, 0) is 0 Å². The smallest absolute Gasteiger partial charge is 0.142 e. The summed E-state index contributed by atoms with van der Waals surface area (Å²) in [5.74, 6) is 1.12. The SMILES string of the molecule is CC1N=C2C(=CC=CN2C)S1. The van der Waals surface area contributed by atoms with Gasteiger partial charge in [0.25, 0.3) is 0 Å². The second-order valence-corrected chi connectivity index (χ2v) is 4.01. The Bertz CT molecular complexity index is 265. The van der Waals surface area contributed by atoms with Crippen molar-refractivity contribution in [2.45, 2.75) is 12.3 Å². The molecular weight excluding hydrogens is 156 g/mol. The normalized spacial score (nSPS) is 28.2. The van der Waals surface area contributed by atoms with Crippen molar-refractivity contribution in [1.29, 1.82) is 0 Å². The molecule has 11 heavy (non-hydrogen) atoms. The molecule has 1 atom stereocenters. The fourth-order valence-electron chi connectivity index (χ4n) is 1.21. The highest BCUT2D eigenvalue weighted by molar-refractivity contribution is 8.05. The van der Waals surface area contributed by atoms with Gasteiger partial charge in [0.2, 0.25) is 0 Å². The summed E-state index contributed by atoms with van der Waals surface area (Å²) in [7, 11) is 2.03. The number of likely N-dealkylation sites (N-methyl/N-ethyl adjacent to an activating group) is 1. The molecule has 1 unspecified atom stereocenters. The van der Waals surface area contributed by atoms with Crippen molar-refractivity contribution in [2.75, 3.05) is 7.05 Å². The van der Waals surface area contributed by atoms with Gasteiger partial charge in [0, 0.05) is 13.2 Å². The second-order valence-electron chi connectivity index (χ2n) is 2.65. The van der Waals surface area contributed by atoms with E-state index < -0.39 is 0 Å². The van der Waals surface area contributed by atoms with Gasteiger partial charge in [-0.25, -0.2) is 0 Å². The lowest BCUT2D eigenvalue weighted by Crippen LogP contribution is -2.21. The van der Waals surface area contributed by atoms with Gasteiger partial charge in [-0.05, 0) is 19.1 Å². The number of hydrogen-bond donors (Lipinski definition) is 0. The van der Waals surface area contributed by atoms with Crippen molar-refractivity contribution >= 4 is 17.6 Å². The van der Waals surface area contributed by atoms with Gasteiger partial charge in [0.15, 0.2) is 0 Å². The number of allylic oxidation sites excluding steroid dienone is 2. The van der Waals surface area contributed by atoms with E-state index in [-0.39, 0.29) is 0 Å². The molecule has 3 heteroatoms. The van der Waals surface area contributed by atoms with Crippen molar-refractivity contribution in [2.24, 2.45) is 4.99 Å². The zero-order valence-electron chi connectivity index (χ0n) is 6.61. The van der Waals surface area contributed by atoms with Crippen molar-refractivity contribution in [3.05, 3.63) is 23.3 Å². The Morgan fingerprint density at radius 3 is 3.18 bits per heavy atom. The molecule has 0 aromatic carbocycles. The first-order chi connectivity index (χ1) is 5.27. The van der Waals surface area contributed by atoms with Crippen LogP contribution < -0.4 is 0 Å². The Morgan fingerprint density at radius 2 is 2.45 bits per heavy atom. The molecule has 2 aliphatic rings. The maximum atomic E-state index is 4.48. The quantitative estimate of drug-likeness (QED) is 0.545. The molecule has 0 aromatic heterocycles. The third kappa shape index (κ3) is 1.09. The molecule has 0 bridgehead atoms. The lowest BCUT2D eigenvalue weighted by atomic mass is 10.3. The molecule has 0 aliphatic carbocycles. The van der Waals surface area contributed by atoms with E-state index in [0.717, 1.165) is 5.84 Å². The Morgan fingerprint density at radius 1 is 1.64 bits per heavy atom.